The first-order chi connectivity index (χ1) is 15.0. The zero-order chi connectivity index (χ0) is 23.7. The van der Waals surface area contributed by atoms with Crippen LogP contribution in [0.15, 0.2) is 26.7 Å². The second-order valence-electron chi connectivity index (χ2n) is 8.54. The third-order valence-corrected chi connectivity index (χ3v) is 6.07. The predicted molar refractivity (Wildman–Crippen MR) is 129 cm³/mol. The molecule has 0 aliphatic carbocycles. The third-order valence-electron chi connectivity index (χ3n) is 5.09. The predicted octanol–water partition coefficient (Wildman–Crippen LogP) is 3.11. The lowest BCUT2D eigenvalue weighted by molar-refractivity contribution is -0.113. The van der Waals surface area contributed by atoms with Gasteiger partial charge in [-0.2, -0.15) is 0 Å². The molecule has 0 saturated heterocycles. The minimum atomic E-state index is -0.460. The Hall–Kier alpha value is -2.94. The molecule has 170 valence electrons. The van der Waals surface area contributed by atoms with E-state index in [0.29, 0.717) is 23.0 Å². The van der Waals surface area contributed by atoms with Gasteiger partial charge in [0.25, 0.3) is 5.56 Å². The van der Waals surface area contributed by atoms with Gasteiger partial charge >= 0.3 is 5.69 Å². The van der Waals surface area contributed by atoms with Crippen molar-refractivity contribution in [2.75, 3.05) is 11.1 Å². The van der Waals surface area contributed by atoms with Gasteiger partial charge in [-0.1, -0.05) is 43.3 Å². The van der Waals surface area contributed by atoms with Gasteiger partial charge in [-0.05, 0) is 44.7 Å². The number of amides is 1. The maximum Gasteiger partial charge on any atom is 0.332 e. The topological polar surface area (TPSA) is 98.9 Å². The van der Waals surface area contributed by atoms with E-state index < -0.39 is 11.2 Å². The van der Waals surface area contributed by atoms with Gasteiger partial charge in [-0.15, -0.1) is 0 Å². The highest BCUT2D eigenvalue weighted by atomic mass is 32.2. The van der Waals surface area contributed by atoms with Crippen LogP contribution in [-0.4, -0.2) is 30.8 Å². The largest absolute Gasteiger partial charge is 0.332 e. The van der Waals surface area contributed by atoms with E-state index in [9.17, 15) is 14.4 Å². The van der Waals surface area contributed by atoms with Crippen LogP contribution in [0.2, 0.25) is 0 Å². The molecule has 0 unspecified atom stereocenters. The van der Waals surface area contributed by atoms with E-state index in [4.69, 9.17) is 0 Å². The molecule has 0 aliphatic rings. The monoisotopic (exact) mass is 455 g/mol. The van der Waals surface area contributed by atoms with Gasteiger partial charge < -0.3 is 5.32 Å². The summed E-state index contributed by atoms with van der Waals surface area (Å²) in [6.45, 7) is 12.1. The van der Waals surface area contributed by atoms with Gasteiger partial charge in [-0.25, -0.2) is 14.8 Å². The summed E-state index contributed by atoms with van der Waals surface area (Å²) < 4.78 is 2.59. The maximum atomic E-state index is 12.9. The van der Waals surface area contributed by atoms with Crippen LogP contribution in [-0.2, 0) is 18.4 Å². The van der Waals surface area contributed by atoms with Crippen LogP contribution < -0.4 is 16.6 Å². The van der Waals surface area contributed by atoms with Crippen molar-refractivity contribution >= 4 is 34.4 Å². The molecular weight excluding hydrogens is 426 g/mol. The number of carbonyl (C=O) groups is 1. The number of nitrogens with one attached hydrogen (secondary N) is 1. The van der Waals surface area contributed by atoms with Crippen LogP contribution in [0.5, 0.6) is 0 Å². The molecule has 2 aromatic heterocycles. The van der Waals surface area contributed by atoms with Crippen molar-refractivity contribution in [2.24, 2.45) is 13.0 Å². The van der Waals surface area contributed by atoms with E-state index in [1.807, 2.05) is 46.8 Å². The standard InChI is InChI=1S/C23H29N5O3S/c1-12(2)10-28-20-18(22(30)27(7)23(28)31)21(25-16(6)24-20)32-11-17(29)26-19-14(4)8-13(3)9-15(19)5/h8-9,12H,10-11H2,1-7H3,(H,26,29). The van der Waals surface area contributed by atoms with Crippen molar-refractivity contribution in [3.8, 4) is 0 Å². The van der Waals surface area contributed by atoms with Crippen LogP contribution in [0.1, 0.15) is 36.4 Å². The van der Waals surface area contributed by atoms with E-state index in [1.54, 1.807) is 6.92 Å². The van der Waals surface area contributed by atoms with Gasteiger partial charge in [0, 0.05) is 19.3 Å². The van der Waals surface area contributed by atoms with Crippen LogP contribution >= 0.6 is 11.8 Å². The molecule has 0 saturated carbocycles. The lowest BCUT2D eigenvalue weighted by Gasteiger charge is -2.15. The molecule has 0 atom stereocenters. The molecule has 9 heteroatoms. The number of rotatable bonds is 6. The summed E-state index contributed by atoms with van der Waals surface area (Å²) in [5.41, 5.74) is 3.37. The quantitative estimate of drug-likeness (QED) is 0.453. The molecule has 1 N–H and O–H groups in total. The van der Waals surface area contributed by atoms with E-state index in [1.165, 1.54) is 23.4 Å². The van der Waals surface area contributed by atoms with Crippen molar-refractivity contribution in [3.05, 3.63) is 55.5 Å². The summed E-state index contributed by atoms with van der Waals surface area (Å²) in [6, 6.07) is 4.05. The summed E-state index contributed by atoms with van der Waals surface area (Å²) >= 11 is 1.17. The van der Waals surface area contributed by atoms with E-state index in [-0.39, 0.29) is 23.0 Å². The number of hydrogen-bond acceptors (Lipinski definition) is 6. The van der Waals surface area contributed by atoms with Crippen LogP contribution in [0.4, 0.5) is 5.69 Å². The zero-order valence-electron chi connectivity index (χ0n) is 19.6. The zero-order valence-corrected chi connectivity index (χ0v) is 20.4. The number of thioether (sulfide) groups is 1. The summed E-state index contributed by atoms with van der Waals surface area (Å²) in [6.07, 6.45) is 0. The Morgan fingerprint density at radius 1 is 1.09 bits per heavy atom. The number of nitrogens with zero attached hydrogens (tertiary/aromatic N) is 4. The number of carbonyl (C=O) groups excluding carboxylic acids is 1. The SMILES string of the molecule is Cc1cc(C)c(NC(=O)CSc2nc(C)nc3c2c(=O)n(C)c(=O)n3CC(C)C)c(C)c1. The summed E-state index contributed by atoms with van der Waals surface area (Å²) in [5.74, 6) is 0.509. The minimum Gasteiger partial charge on any atom is -0.325 e. The van der Waals surface area contributed by atoms with E-state index in [0.717, 1.165) is 26.9 Å². The third kappa shape index (κ3) is 4.77. The number of benzene rings is 1. The van der Waals surface area contributed by atoms with E-state index in [2.05, 4.69) is 15.3 Å². The van der Waals surface area contributed by atoms with E-state index >= 15 is 0 Å². The highest BCUT2D eigenvalue weighted by Crippen LogP contribution is 2.25. The van der Waals surface area contributed by atoms with Crippen molar-refractivity contribution in [2.45, 2.75) is 53.1 Å². The Morgan fingerprint density at radius 2 is 1.72 bits per heavy atom. The lowest BCUT2D eigenvalue weighted by atomic mass is 10.1. The van der Waals surface area contributed by atoms with Gasteiger partial charge in [0.05, 0.1) is 5.75 Å². The molecule has 8 nitrogen and oxygen atoms in total. The van der Waals surface area contributed by atoms with Crippen LogP contribution in [0.3, 0.4) is 0 Å². The van der Waals surface area contributed by atoms with Gasteiger partial charge in [-0.3, -0.25) is 18.7 Å². The fraction of sp³-hybridized carbons (Fsp3) is 0.435. The highest BCUT2D eigenvalue weighted by Gasteiger charge is 2.19. The number of hydrogen-bond donors (Lipinski definition) is 1. The fourth-order valence-corrected chi connectivity index (χ4v) is 4.62. The van der Waals surface area contributed by atoms with Crippen molar-refractivity contribution in [1.29, 1.82) is 0 Å². The molecule has 3 rings (SSSR count). The minimum absolute atomic E-state index is 0.0742. The van der Waals surface area contributed by atoms with Crippen molar-refractivity contribution in [1.82, 2.24) is 19.1 Å². The Balaban J connectivity index is 1.98. The van der Waals surface area contributed by atoms with Crippen LogP contribution in [0.25, 0.3) is 11.0 Å². The molecule has 3 aromatic rings. The smallest absolute Gasteiger partial charge is 0.325 e. The van der Waals surface area contributed by atoms with Crippen molar-refractivity contribution in [3.63, 3.8) is 0 Å². The Morgan fingerprint density at radius 3 is 2.31 bits per heavy atom. The second-order valence-corrected chi connectivity index (χ2v) is 9.50. The molecule has 1 aromatic carbocycles. The average Bonchev–Trinajstić information content (AvgIpc) is 2.70. The van der Waals surface area contributed by atoms with Gasteiger partial charge in [0.2, 0.25) is 5.91 Å². The Bertz CT molecular complexity index is 1300. The summed E-state index contributed by atoms with van der Waals surface area (Å²) in [5, 5.41) is 3.63. The molecule has 0 aliphatic heterocycles. The molecular formula is C23H29N5O3S. The first kappa shape index (κ1) is 23.7. The highest BCUT2D eigenvalue weighted by molar-refractivity contribution is 8.00. The van der Waals surface area contributed by atoms with Gasteiger partial charge in [0.1, 0.15) is 16.2 Å². The maximum absolute atomic E-state index is 12.9. The Labute approximate surface area is 191 Å². The normalized spacial score (nSPS) is 11.4. The lowest BCUT2D eigenvalue weighted by Crippen LogP contribution is -2.39. The number of fused-ring (bicyclic) bond motifs is 1. The number of aryl methyl sites for hydroxylation is 4. The van der Waals surface area contributed by atoms with Crippen molar-refractivity contribution < 1.29 is 4.79 Å². The molecule has 0 bridgehead atoms. The van der Waals surface area contributed by atoms with Crippen LogP contribution in [0, 0.1) is 33.6 Å². The molecule has 2 heterocycles. The molecule has 0 fully saturated rings. The Kier molecular flexibility index (Phi) is 6.88. The molecule has 32 heavy (non-hydrogen) atoms. The molecule has 0 spiro atoms. The summed E-state index contributed by atoms with van der Waals surface area (Å²) in [4.78, 5) is 47.2. The first-order valence-electron chi connectivity index (χ1n) is 10.5. The second kappa shape index (κ2) is 9.28. The molecule has 0 radical (unpaired) electrons. The van der Waals surface area contributed by atoms with Gasteiger partial charge in [0.15, 0.2) is 5.65 Å². The number of anilines is 1. The molecule has 1 amide bonds. The fourth-order valence-electron chi connectivity index (χ4n) is 3.76. The summed E-state index contributed by atoms with van der Waals surface area (Å²) in [7, 11) is 1.45. The average molecular weight is 456 g/mol. The number of aromatic nitrogens is 4. The first-order valence-corrected chi connectivity index (χ1v) is 11.5.